The van der Waals surface area contributed by atoms with Crippen molar-refractivity contribution >= 4 is 0 Å². The third-order valence-electron chi connectivity index (χ3n) is 1.82. The van der Waals surface area contributed by atoms with Crippen molar-refractivity contribution in [1.82, 2.24) is 9.88 Å². The highest BCUT2D eigenvalue weighted by atomic mass is 16.5. The van der Waals surface area contributed by atoms with Crippen molar-refractivity contribution in [3.05, 3.63) is 24.0 Å². The van der Waals surface area contributed by atoms with Gasteiger partial charge >= 0.3 is 0 Å². The van der Waals surface area contributed by atoms with E-state index in [0.717, 1.165) is 19.7 Å². The molecule has 3 heteroatoms. The third kappa shape index (κ3) is 2.36. The summed E-state index contributed by atoms with van der Waals surface area (Å²) in [5, 5.41) is 3.13. The number of ether oxygens (including phenoxy) is 1. The molecule has 1 N–H and O–H groups in total. The zero-order chi connectivity index (χ0) is 8.81. The average Bonchev–Trinajstić information content (AvgIpc) is 2.50. The molecule has 12 heavy (non-hydrogen) atoms. The van der Waals surface area contributed by atoms with Crippen LogP contribution in [-0.2, 0) is 17.8 Å². The molecule has 1 aromatic rings. The lowest BCUT2D eigenvalue weighted by molar-refractivity contribution is 0.186. The topological polar surface area (TPSA) is 26.2 Å². The van der Waals surface area contributed by atoms with Gasteiger partial charge in [0.15, 0.2) is 0 Å². The van der Waals surface area contributed by atoms with Crippen molar-refractivity contribution in [1.29, 1.82) is 0 Å². The maximum atomic E-state index is 5.01. The largest absolute Gasteiger partial charge is 0.383 e. The third-order valence-corrected chi connectivity index (χ3v) is 1.82. The Balaban J connectivity index is 2.51. The Hall–Kier alpha value is -0.800. The average molecular weight is 168 g/mol. The molecule has 3 nitrogen and oxygen atoms in total. The second kappa shape index (κ2) is 4.95. The van der Waals surface area contributed by atoms with Crippen LogP contribution in [0.25, 0.3) is 0 Å². The van der Waals surface area contributed by atoms with Gasteiger partial charge < -0.3 is 14.6 Å². The highest BCUT2D eigenvalue weighted by molar-refractivity contribution is 5.06. The number of methoxy groups -OCH3 is 1. The first-order chi connectivity index (χ1) is 5.88. The molecule has 68 valence electrons. The minimum absolute atomic E-state index is 0.769. The molecule has 0 radical (unpaired) electrons. The van der Waals surface area contributed by atoms with E-state index in [4.69, 9.17) is 4.74 Å². The lowest BCUT2D eigenvalue weighted by Gasteiger charge is -2.07. The minimum Gasteiger partial charge on any atom is -0.383 e. The molecule has 0 fully saturated rings. The van der Waals surface area contributed by atoms with Crippen LogP contribution < -0.4 is 5.32 Å². The van der Waals surface area contributed by atoms with Crippen molar-refractivity contribution in [3.8, 4) is 0 Å². The fourth-order valence-corrected chi connectivity index (χ4v) is 1.20. The van der Waals surface area contributed by atoms with Crippen LogP contribution in [0.3, 0.4) is 0 Å². The fraction of sp³-hybridized carbons (Fsp3) is 0.556. The van der Waals surface area contributed by atoms with Crippen molar-refractivity contribution in [3.63, 3.8) is 0 Å². The summed E-state index contributed by atoms with van der Waals surface area (Å²) in [7, 11) is 3.68. The van der Waals surface area contributed by atoms with E-state index in [2.05, 4.69) is 28.2 Å². The first kappa shape index (κ1) is 9.29. The molecule has 0 aromatic carbocycles. The molecular formula is C9H16N2O. The van der Waals surface area contributed by atoms with E-state index >= 15 is 0 Å². The van der Waals surface area contributed by atoms with E-state index in [1.165, 1.54) is 5.69 Å². The van der Waals surface area contributed by atoms with Gasteiger partial charge in [0.2, 0.25) is 0 Å². The Kier molecular flexibility index (Phi) is 3.84. The number of nitrogens with one attached hydrogen (secondary N) is 1. The number of rotatable bonds is 5. The number of aromatic nitrogens is 1. The van der Waals surface area contributed by atoms with E-state index in [1.807, 2.05) is 7.05 Å². The molecule has 0 aliphatic carbocycles. The molecule has 0 bridgehead atoms. The summed E-state index contributed by atoms with van der Waals surface area (Å²) in [6.45, 7) is 2.61. The summed E-state index contributed by atoms with van der Waals surface area (Å²) in [5.74, 6) is 0. The smallest absolute Gasteiger partial charge is 0.0641 e. The molecule has 0 saturated heterocycles. The van der Waals surface area contributed by atoms with Crippen molar-refractivity contribution in [2.45, 2.75) is 13.1 Å². The highest BCUT2D eigenvalue weighted by Crippen LogP contribution is 2.01. The van der Waals surface area contributed by atoms with Gasteiger partial charge in [-0.3, -0.25) is 0 Å². The lowest BCUT2D eigenvalue weighted by Crippen LogP contribution is -2.12. The molecule has 0 atom stereocenters. The van der Waals surface area contributed by atoms with Gasteiger partial charge in [-0.2, -0.15) is 0 Å². The molecule has 1 rings (SSSR count). The van der Waals surface area contributed by atoms with Crippen LogP contribution >= 0.6 is 0 Å². The van der Waals surface area contributed by atoms with Gasteiger partial charge in [-0.25, -0.2) is 0 Å². The summed E-state index contributed by atoms with van der Waals surface area (Å²) in [6.07, 6.45) is 2.08. The van der Waals surface area contributed by atoms with Gasteiger partial charge in [0, 0.05) is 32.1 Å². The van der Waals surface area contributed by atoms with Gasteiger partial charge in [0.1, 0.15) is 0 Å². The first-order valence-corrected chi connectivity index (χ1v) is 4.16. The first-order valence-electron chi connectivity index (χ1n) is 4.16. The van der Waals surface area contributed by atoms with E-state index in [-0.39, 0.29) is 0 Å². The second-order valence-corrected chi connectivity index (χ2v) is 2.72. The van der Waals surface area contributed by atoms with Crippen LogP contribution in [0.4, 0.5) is 0 Å². The standard InChI is InChI=1S/C9H16N2O/c1-10-8-9-4-3-5-11(9)6-7-12-2/h3-5,10H,6-8H2,1-2H3. The Morgan fingerprint density at radius 1 is 1.58 bits per heavy atom. The maximum absolute atomic E-state index is 5.01. The lowest BCUT2D eigenvalue weighted by atomic mass is 10.4. The van der Waals surface area contributed by atoms with Gasteiger partial charge in [-0.15, -0.1) is 0 Å². The van der Waals surface area contributed by atoms with Crippen LogP contribution in [-0.4, -0.2) is 25.3 Å². The summed E-state index contributed by atoms with van der Waals surface area (Å²) < 4.78 is 7.20. The molecular weight excluding hydrogens is 152 g/mol. The molecule has 0 spiro atoms. The Labute approximate surface area is 73.3 Å². The molecule has 1 heterocycles. The van der Waals surface area contributed by atoms with E-state index in [0.29, 0.717) is 0 Å². The van der Waals surface area contributed by atoms with Gasteiger partial charge in [0.25, 0.3) is 0 Å². The van der Waals surface area contributed by atoms with Crippen LogP contribution in [0.15, 0.2) is 18.3 Å². The second-order valence-electron chi connectivity index (χ2n) is 2.72. The number of nitrogens with zero attached hydrogens (tertiary/aromatic N) is 1. The molecule has 1 aromatic heterocycles. The minimum atomic E-state index is 0.769. The van der Waals surface area contributed by atoms with E-state index in [1.54, 1.807) is 7.11 Å². The molecule has 0 aliphatic heterocycles. The maximum Gasteiger partial charge on any atom is 0.0641 e. The molecule has 0 saturated carbocycles. The summed E-state index contributed by atoms with van der Waals surface area (Å²) in [4.78, 5) is 0. The summed E-state index contributed by atoms with van der Waals surface area (Å²) in [6, 6.07) is 4.18. The van der Waals surface area contributed by atoms with Crippen LogP contribution in [0.1, 0.15) is 5.69 Å². The Bertz CT molecular complexity index is 220. The van der Waals surface area contributed by atoms with E-state index in [9.17, 15) is 0 Å². The Morgan fingerprint density at radius 3 is 3.08 bits per heavy atom. The highest BCUT2D eigenvalue weighted by Gasteiger charge is 1.97. The number of hydrogen-bond donors (Lipinski definition) is 1. The van der Waals surface area contributed by atoms with E-state index < -0.39 is 0 Å². The van der Waals surface area contributed by atoms with Gasteiger partial charge in [0.05, 0.1) is 6.61 Å². The fourth-order valence-electron chi connectivity index (χ4n) is 1.20. The quantitative estimate of drug-likeness (QED) is 0.705. The summed E-state index contributed by atoms with van der Waals surface area (Å²) >= 11 is 0. The number of hydrogen-bond acceptors (Lipinski definition) is 2. The van der Waals surface area contributed by atoms with Crippen molar-refractivity contribution in [2.24, 2.45) is 0 Å². The van der Waals surface area contributed by atoms with Crippen LogP contribution in [0.5, 0.6) is 0 Å². The SMILES string of the molecule is CNCc1cccn1CCOC. The van der Waals surface area contributed by atoms with Gasteiger partial charge in [-0.05, 0) is 19.2 Å². The predicted octanol–water partition coefficient (Wildman–Crippen LogP) is 0.854. The van der Waals surface area contributed by atoms with Crippen molar-refractivity contribution < 1.29 is 4.74 Å². The van der Waals surface area contributed by atoms with Gasteiger partial charge in [-0.1, -0.05) is 0 Å². The monoisotopic (exact) mass is 168 g/mol. The zero-order valence-corrected chi connectivity index (χ0v) is 7.71. The Morgan fingerprint density at radius 2 is 2.42 bits per heavy atom. The molecule has 0 unspecified atom stereocenters. The van der Waals surface area contributed by atoms with Crippen molar-refractivity contribution in [2.75, 3.05) is 20.8 Å². The van der Waals surface area contributed by atoms with Crippen LogP contribution in [0.2, 0.25) is 0 Å². The molecule has 0 aliphatic rings. The molecule has 0 amide bonds. The summed E-state index contributed by atoms with van der Waals surface area (Å²) in [5.41, 5.74) is 1.30. The predicted molar refractivity (Wildman–Crippen MR) is 49.1 cm³/mol. The zero-order valence-electron chi connectivity index (χ0n) is 7.71. The normalized spacial score (nSPS) is 10.5. The van der Waals surface area contributed by atoms with Crippen LogP contribution in [0, 0.1) is 0 Å².